The molecule has 0 heterocycles. The summed E-state index contributed by atoms with van der Waals surface area (Å²) in [6.07, 6.45) is 0.468. The van der Waals surface area contributed by atoms with Gasteiger partial charge in [-0.25, -0.2) is 0 Å². The lowest BCUT2D eigenvalue weighted by Crippen LogP contribution is -2.30. The number of rotatable bonds is 10. The third-order valence-electron chi connectivity index (χ3n) is 2.89. The van der Waals surface area contributed by atoms with Gasteiger partial charge < -0.3 is 20.1 Å². The van der Waals surface area contributed by atoms with Crippen molar-refractivity contribution in [3.8, 4) is 0 Å². The molecule has 1 aromatic carbocycles. The second-order valence-electron chi connectivity index (χ2n) is 4.47. The largest absolute Gasteiger partial charge is 0.383 e. The van der Waals surface area contributed by atoms with Gasteiger partial charge in [-0.2, -0.15) is 0 Å². The normalized spacial score (nSPS) is 10.5. The van der Waals surface area contributed by atoms with E-state index in [1.165, 1.54) is 11.1 Å². The van der Waals surface area contributed by atoms with Crippen LogP contribution < -0.4 is 10.6 Å². The molecule has 0 bridgehead atoms. The molecule has 0 fully saturated rings. The lowest BCUT2D eigenvalue weighted by Gasteiger charge is -2.10. The second kappa shape index (κ2) is 10.4. The average Bonchev–Trinajstić information content (AvgIpc) is 2.46. The molecule has 1 aromatic rings. The number of amides is 1. The standard InChI is InChI=1S/C15H24N2O3/c1-19-10-9-17-15(18)7-8-16-11-13-5-3-4-6-14(13)12-20-2/h3-6,16H,7-12H2,1-2H3,(H,17,18). The highest BCUT2D eigenvalue weighted by atomic mass is 16.5. The zero-order chi connectivity index (χ0) is 14.6. The molecule has 0 unspecified atom stereocenters. The van der Waals surface area contributed by atoms with Crippen molar-refractivity contribution in [1.29, 1.82) is 0 Å². The average molecular weight is 280 g/mol. The Hall–Kier alpha value is -1.43. The topological polar surface area (TPSA) is 59.6 Å². The highest BCUT2D eigenvalue weighted by Gasteiger charge is 2.02. The zero-order valence-electron chi connectivity index (χ0n) is 12.3. The van der Waals surface area contributed by atoms with E-state index in [-0.39, 0.29) is 5.91 Å². The number of benzene rings is 1. The molecule has 0 spiro atoms. The molecule has 1 amide bonds. The summed E-state index contributed by atoms with van der Waals surface area (Å²) in [7, 11) is 3.31. The number of hydrogen-bond donors (Lipinski definition) is 2. The molecule has 2 N–H and O–H groups in total. The van der Waals surface area contributed by atoms with Crippen molar-refractivity contribution in [2.24, 2.45) is 0 Å². The summed E-state index contributed by atoms with van der Waals surface area (Å²) < 4.78 is 10.0. The number of ether oxygens (including phenoxy) is 2. The van der Waals surface area contributed by atoms with E-state index >= 15 is 0 Å². The van der Waals surface area contributed by atoms with Crippen molar-refractivity contribution >= 4 is 5.91 Å². The smallest absolute Gasteiger partial charge is 0.221 e. The Morgan fingerprint density at radius 2 is 1.85 bits per heavy atom. The molecule has 5 nitrogen and oxygen atoms in total. The maximum atomic E-state index is 11.5. The first-order valence-corrected chi connectivity index (χ1v) is 6.80. The molecule has 0 saturated heterocycles. The van der Waals surface area contributed by atoms with Crippen LogP contribution in [0.15, 0.2) is 24.3 Å². The Labute approximate surface area is 120 Å². The quantitative estimate of drug-likeness (QED) is 0.630. The van der Waals surface area contributed by atoms with Crippen LogP contribution in [-0.2, 0) is 27.4 Å². The summed E-state index contributed by atoms with van der Waals surface area (Å²) >= 11 is 0. The molecule has 0 radical (unpaired) electrons. The lowest BCUT2D eigenvalue weighted by atomic mass is 10.1. The minimum Gasteiger partial charge on any atom is -0.383 e. The van der Waals surface area contributed by atoms with Crippen LogP contribution in [0.2, 0.25) is 0 Å². The molecule has 0 saturated carbocycles. The first-order chi connectivity index (χ1) is 9.77. The minimum absolute atomic E-state index is 0.0414. The van der Waals surface area contributed by atoms with E-state index in [4.69, 9.17) is 9.47 Å². The molecule has 0 aliphatic heterocycles. The molecule has 0 aliphatic carbocycles. The molecule has 0 atom stereocenters. The van der Waals surface area contributed by atoms with Crippen LogP contribution >= 0.6 is 0 Å². The van der Waals surface area contributed by atoms with E-state index in [1.54, 1.807) is 14.2 Å². The SMILES string of the molecule is COCCNC(=O)CCNCc1ccccc1COC. The number of nitrogens with one attached hydrogen (secondary N) is 2. The van der Waals surface area contributed by atoms with E-state index in [1.807, 2.05) is 12.1 Å². The summed E-state index contributed by atoms with van der Waals surface area (Å²) in [4.78, 5) is 11.5. The number of carbonyl (C=O) groups is 1. The van der Waals surface area contributed by atoms with Gasteiger partial charge in [-0.1, -0.05) is 24.3 Å². The summed E-state index contributed by atoms with van der Waals surface area (Å²) in [6.45, 7) is 3.11. The summed E-state index contributed by atoms with van der Waals surface area (Å²) in [6, 6.07) is 8.13. The molecule has 112 valence electrons. The summed E-state index contributed by atoms with van der Waals surface area (Å²) in [5, 5.41) is 6.06. The Morgan fingerprint density at radius 3 is 2.55 bits per heavy atom. The van der Waals surface area contributed by atoms with Crippen LogP contribution in [0.25, 0.3) is 0 Å². The van der Waals surface area contributed by atoms with Gasteiger partial charge in [-0.05, 0) is 11.1 Å². The van der Waals surface area contributed by atoms with Crippen LogP contribution in [0.3, 0.4) is 0 Å². The molecule has 0 aliphatic rings. The Morgan fingerprint density at radius 1 is 1.10 bits per heavy atom. The van der Waals surface area contributed by atoms with Crippen LogP contribution in [0.4, 0.5) is 0 Å². The monoisotopic (exact) mass is 280 g/mol. The van der Waals surface area contributed by atoms with Gasteiger partial charge in [0.15, 0.2) is 0 Å². The van der Waals surface area contributed by atoms with E-state index in [9.17, 15) is 4.79 Å². The fourth-order valence-electron chi connectivity index (χ4n) is 1.83. The highest BCUT2D eigenvalue weighted by Crippen LogP contribution is 2.09. The summed E-state index contributed by atoms with van der Waals surface area (Å²) in [5.41, 5.74) is 2.38. The highest BCUT2D eigenvalue weighted by molar-refractivity contribution is 5.76. The maximum absolute atomic E-state index is 11.5. The molecule has 0 aromatic heterocycles. The zero-order valence-corrected chi connectivity index (χ0v) is 12.3. The predicted molar refractivity (Wildman–Crippen MR) is 78.4 cm³/mol. The third-order valence-corrected chi connectivity index (χ3v) is 2.89. The van der Waals surface area contributed by atoms with Gasteiger partial charge >= 0.3 is 0 Å². The second-order valence-corrected chi connectivity index (χ2v) is 4.47. The fourth-order valence-corrected chi connectivity index (χ4v) is 1.83. The minimum atomic E-state index is 0.0414. The Kier molecular flexibility index (Phi) is 8.62. The van der Waals surface area contributed by atoms with Crippen molar-refractivity contribution in [2.45, 2.75) is 19.6 Å². The molecular weight excluding hydrogens is 256 g/mol. The van der Waals surface area contributed by atoms with Gasteiger partial charge in [0, 0.05) is 40.3 Å². The van der Waals surface area contributed by atoms with Gasteiger partial charge in [0.05, 0.1) is 13.2 Å². The molecule has 5 heteroatoms. The van der Waals surface area contributed by atoms with Crippen molar-refractivity contribution in [3.05, 3.63) is 35.4 Å². The Balaban J connectivity index is 2.22. The van der Waals surface area contributed by atoms with Crippen LogP contribution in [0, 0.1) is 0 Å². The van der Waals surface area contributed by atoms with Gasteiger partial charge in [0.2, 0.25) is 5.91 Å². The molecule has 1 rings (SSSR count). The number of methoxy groups -OCH3 is 2. The van der Waals surface area contributed by atoms with Crippen molar-refractivity contribution in [1.82, 2.24) is 10.6 Å². The van der Waals surface area contributed by atoms with E-state index in [0.717, 1.165) is 6.54 Å². The van der Waals surface area contributed by atoms with Crippen molar-refractivity contribution in [2.75, 3.05) is 33.9 Å². The van der Waals surface area contributed by atoms with Crippen molar-refractivity contribution < 1.29 is 14.3 Å². The van der Waals surface area contributed by atoms with E-state index in [2.05, 4.69) is 22.8 Å². The van der Waals surface area contributed by atoms with Gasteiger partial charge in [0.25, 0.3) is 0 Å². The predicted octanol–water partition coefficient (Wildman–Crippen LogP) is 1.08. The molecular formula is C15H24N2O3. The maximum Gasteiger partial charge on any atom is 0.221 e. The van der Waals surface area contributed by atoms with E-state index < -0.39 is 0 Å². The first kappa shape index (κ1) is 16.6. The summed E-state index contributed by atoms with van der Waals surface area (Å²) in [5.74, 6) is 0.0414. The number of hydrogen-bond acceptors (Lipinski definition) is 4. The third kappa shape index (κ3) is 6.65. The number of carbonyl (C=O) groups excluding carboxylic acids is 1. The van der Waals surface area contributed by atoms with Crippen molar-refractivity contribution in [3.63, 3.8) is 0 Å². The lowest BCUT2D eigenvalue weighted by molar-refractivity contribution is -0.121. The van der Waals surface area contributed by atoms with Gasteiger partial charge in [-0.3, -0.25) is 4.79 Å². The van der Waals surface area contributed by atoms with Crippen LogP contribution in [0.5, 0.6) is 0 Å². The molecule has 20 heavy (non-hydrogen) atoms. The van der Waals surface area contributed by atoms with Crippen LogP contribution in [-0.4, -0.2) is 39.8 Å². The van der Waals surface area contributed by atoms with E-state index in [0.29, 0.717) is 32.7 Å². The first-order valence-electron chi connectivity index (χ1n) is 6.80. The van der Waals surface area contributed by atoms with Gasteiger partial charge in [-0.15, -0.1) is 0 Å². The fraction of sp³-hybridized carbons (Fsp3) is 0.533. The Bertz CT molecular complexity index is 396. The van der Waals surface area contributed by atoms with Crippen LogP contribution in [0.1, 0.15) is 17.5 Å². The van der Waals surface area contributed by atoms with Gasteiger partial charge in [0.1, 0.15) is 0 Å².